The van der Waals surface area contributed by atoms with Gasteiger partial charge in [-0.2, -0.15) is 0 Å². The van der Waals surface area contributed by atoms with E-state index < -0.39 is 8.07 Å². The molecule has 0 saturated carbocycles. The number of hydrogen-bond donors (Lipinski definition) is 0. The number of hydrogen-bond acceptors (Lipinski definition) is 0. The molecule has 0 N–H and O–H groups in total. The second-order valence-corrected chi connectivity index (χ2v) is 22.1. The maximum Gasteiger partial charge on any atom is 0.181 e. The zero-order valence-corrected chi connectivity index (χ0v) is 39.3. The van der Waals surface area contributed by atoms with Gasteiger partial charge in [-0.05, 0) is 68.8 Å². The third-order valence-corrected chi connectivity index (χ3v) is 19.6. The molecule has 4 heteroatoms. The Hall–Kier alpha value is -8.96. The minimum atomic E-state index is -3.14. The zero-order chi connectivity index (χ0) is 46.2. The van der Waals surface area contributed by atoms with E-state index in [1.54, 1.807) is 0 Å². The van der Waals surface area contributed by atoms with Gasteiger partial charge < -0.3 is 13.7 Å². The van der Waals surface area contributed by atoms with Gasteiger partial charge in [0.2, 0.25) is 0 Å². The van der Waals surface area contributed by atoms with Crippen molar-refractivity contribution < 1.29 is 0 Å². The van der Waals surface area contributed by atoms with Crippen molar-refractivity contribution in [1.29, 1.82) is 0 Å². The van der Waals surface area contributed by atoms with Crippen LogP contribution >= 0.6 is 0 Å². The van der Waals surface area contributed by atoms with E-state index in [0.29, 0.717) is 0 Å². The summed E-state index contributed by atoms with van der Waals surface area (Å²) in [6.45, 7) is 0. The van der Waals surface area contributed by atoms with Crippen LogP contribution in [0.25, 0.3) is 93.6 Å². The molecule has 70 heavy (non-hydrogen) atoms. The van der Waals surface area contributed by atoms with Crippen molar-refractivity contribution in [2.24, 2.45) is 0 Å². The first-order valence-electron chi connectivity index (χ1n) is 24.2. The van der Waals surface area contributed by atoms with Crippen molar-refractivity contribution in [2.75, 3.05) is 0 Å². The van der Waals surface area contributed by atoms with Crippen LogP contribution in [0.4, 0.5) is 0 Å². The lowest BCUT2D eigenvalue weighted by Gasteiger charge is -2.36. The fraction of sp³-hybridized carbons (Fsp3) is 0. The minimum absolute atomic E-state index is 1.13. The van der Waals surface area contributed by atoms with Gasteiger partial charge in [0.1, 0.15) is 0 Å². The number of aromatic nitrogens is 3. The van der Waals surface area contributed by atoms with Crippen molar-refractivity contribution in [2.45, 2.75) is 0 Å². The molecular weight excluding hydrogens is 863 g/mol. The van der Waals surface area contributed by atoms with Gasteiger partial charge in [0.25, 0.3) is 0 Å². The van der Waals surface area contributed by atoms with Crippen LogP contribution in [0.3, 0.4) is 0 Å². The third-order valence-electron chi connectivity index (χ3n) is 14.8. The summed E-state index contributed by atoms with van der Waals surface area (Å²) in [4.78, 5) is 0. The first-order chi connectivity index (χ1) is 34.8. The van der Waals surface area contributed by atoms with Crippen LogP contribution in [-0.2, 0) is 0 Å². The van der Waals surface area contributed by atoms with Gasteiger partial charge in [-0.3, -0.25) is 0 Å². The second kappa shape index (κ2) is 16.1. The highest BCUT2D eigenvalue weighted by atomic mass is 28.3. The van der Waals surface area contributed by atoms with Gasteiger partial charge in [0.15, 0.2) is 8.07 Å². The van der Waals surface area contributed by atoms with Gasteiger partial charge in [0.05, 0.1) is 50.2 Å². The molecule has 0 unspecified atom stereocenters. The van der Waals surface area contributed by atoms with Crippen LogP contribution in [0.1, 0.15) is 0 Å². The van der Waals surface area contributed by atoms with Gasteiger partial charge in [-0.25, -0.2) is 0 Å². The Labute approximate surface area is 407 Å². The Kier molecular flexibility index (Phi) is 9.23. The molecule has 3 heterocycles. The van der Waals surface area contributed by atoms with Crippen LogP contribution in [0, 0.1) is 0 Å². The molecular formula is C66H45N3Si. The average molecular weight is 908 g/mol. The van der Waals surface area contributed by atoms with Crippen molar-refractivity contribution in [3.8, 4) is 28.2 Å². The Bertz CT molecular complexity index is 4130. The van der Waals surface area contributed by atoms with Gasteiger partial charge in [0, 0.05) is 37.9 Å². The number of para-hydroxylation sites is 6. The average Bonchev–Trinajstić information content (AvgIpc) is 4.08. The van der Waals surface area contributed by atoms with Crippen LogP contribution in [-0.4, -0.2) is 21.8 Å². The number of rotatable bonds is 8. The summed E-state index contributed by atoms with van der Waals surface area (Å²) in [6, 6.07) is 102. The third kappa shape index (κ3) is 5.81. The summed E-state index contributed by atoms with van der Waals surface area (Å²) in [7, 11) is -3.14. The molecule has 3 nitrogen and oxygen atoms in total. The van der Waals surface area contributed by atoms with Crippen molar-refractivity contribution in [3.63, 3.8) is 0 Å². The van der Waals surface area contributed by atoms with Gasteiger partial charge in [-0.15, -0.1) is 0 Å². The lowest BCUT2D eigenvalue weighted by molar-refractivity contribution is 1.13. The second-order valence-electron chi connectivity index (χ2n) is 18.3. The summed E-state index contributed by atoms with van der Waals surface area (Å²) in [5.41, 5.74) is 12.9. The van der Waals surface area contributed by atoms with E-state index >= 15 is 0 Å². The van der Waals surface area contributed by atoms with Crippen LogP contribution < -0.4 is 20.7 Å². The Morgan fingerprint density at radius 3 is 1.24 bits per heavy atom. The lowest BCUT2D eigenvalue weighted by Crippen LogP contribution is -2.75. The summed E-state index contributed by atoms with van der Waals surface area (Å²) in [5.74, 6) is 0. The Morgan fingerprint density at radius 1 is 0.257 bits per heavy atom. The van der Waals surface area contributed by atoms with E-state index in [0.717, 1.165) is 22.4 Å². The molecule has 0 aliphatic rings. The lowest BCUT2D eigenvalue weighted by atomic mass is 10.0. The number of benzene rings is 11. The molecule has 0 atom stereocenters. The van der Waals surface area contributed by atoms with Crippen LogP contribution in [0.2, 0.25) is 0 Å². The van der Waals surface area contributed by atoms with E-state index in [1.807, 2.05) is 0 Å². The summed E-state index contributed by atoms with van der Waals surface area (Å²) in [6.07, 6.45) is 0. The smallest absolute Gasteiger partial charge is 0.181 e. The van der Waals surface area contributed by atoms with Crippen molar-refractivity contribution in [1.82, 2.24) is 13.7 Å². The Morgan fingerprint density at radius 2 is 0.671 bits per heavy atom. The fourth-order valence-corrected chi connectivity index (χ4v) is 16.9. The molecule has 0 aliphatic heterocycles. The van der Waals surface area contributed by atoms with Crippen LogP contribution in [0.5, 0.6) is 0 Å². The zero-order valence-electron chi connectivity index (χ0n) is 38.3. The number of nitrogens with zero attached hydrogens (tertiary/aromatic N) is 3. The summed E-state index contributed by atoms with van der Waals surface area (Å²) < 4.78 is 7.69. The first kappa shape index (κ1) is 40.1. The minimum Gasteiger partial charge on any atom is -0.309 e. The molecule has 0 fully saturated rings. The molecule has 14 aromatic rings. The molecule has 328 valence electrons. The Balaban J connectivity index is 1.20. The molecule has 0 aliphatic carbocycles. The molecule has 14 rings (SSSR count). The molecule has 0 amide bonds. The van der Waals surface area contributed by atoms with E-state index in [2.05, 4.69) is 287 Å². The molecule has 0 saturated heterocycles. The molecule has 0 bridgehead atoms. The molecule has 0 spiro atoms. The van der Waals surface area contributed by atoms with E-state index in [1.165, 1.54) is 91.9 Å². The van der Waals surface area contributed by atoms with Crippen molar-refractivity contribution >= 4 is 94.2 Å². The van der Waals surface area contributed by atoms with Crippen LogP contribution in [0.15, 0.2) is 273 Å². The highest BCUT2D eigenvalue weighted by molar-refractivity contribution is 7.20. The summed E-state index contributed by atoms with van der Waals surface area (Å²) >= 11 is 0. The highest BCUT2D eigenvalue weighted by Crippen LogP contribution is 2.44. The maximum absolute atomic E-state index is 3.14. The van der Waals surface area contributed by atoms with Gasteiger partial charge >= 0.3 is 0 Å². The molecule has 0 radical (unpaired) electrons. The number of fused-ring (bicyclic) bond motifs is 9. The monoisotopic (exact) mass is 907 g/mol. The van der Waals surface area contributed by atoms with E-state index in [4.69, 9.17) is 0 Å². The summed E-state index contributed by atoms with van der Waals surface area (Å²) in [5, 5.41) is 12.7. The largest absolute Gasteiger partial charge is 0.309 e. The van der Waals surface area contributed by atoms with Crippen molar-refractivity contribution in [3.05, 3.63) is 273 Å². The van der Waals surface area contributed by atoms with E-state index in [9.17, 15) is 0 Å². The molecule has 3 aromatic heterocycles. The van der Waals surface area contributed by atoms with E-state index in [-0.39, 0.29) is 0 Å². The predicted octanol–water partition coefficient (Wildman–Crippen LogP) is 14.0. The SMILES string of the molecule is c1ccc(-c2ccccc2-n2c3ccccc3c3cccc(-n4c5ccccc5c5c(-n6c7ccccc7c7ccccc76)c([Si](c6ccccc6)(c6ccccc6)c6ccccc6)ccc54)c32)cc1. The normalized spacial score (nSPS) is 12.0. The fourth-order valence-electron chi connectivity index (χ4n) is 12.0. The quantitative estimate of drug-likeness (QED) is 0.107. The molecule has 11 aromatic carbocycles. The topological polar surface area (TPSA) is 14.8 Å². The first-order valence-corrected chi connectivity index (χ1v) is 26.2. The van der Waals surface area contributed by atoms with Gasteiger partial charge in [-0.1, -0.05) is 231 Å². The highest BCUT2D eigenvalue weighted by Gasteiger charge is 2.44. The predicted molar refractivity (Wildman–Crippen MR) is 299 cm³/mol. The maximum atomic E-state index is 2.61. The standard InChI is InChI=1S/C66H45N3Si/c1-5-24-46(25-6-1)50-32-13-18-38-56(50)68-59-41-21-16-35-53(59)54-37-23-43-62(65(54)68)67-60-42-22-17-36-55(60)64-61(67)44-45-63(66(64)69-57-39-19-14-33-51(57)52-34-15-20-40-58(52)69)70(47-26-7-2-8-27-47,48-28-9-3-10-29-48)49-30-11-4-12-31-49/h1-45H.